The number of unbranched alkanes of at least 4 members (excludes halogenated alkanes) is 19. The molecule has 0 unspecified atom stereocenters. The SMILES string of the molecule is C=CCCCCCCCCCCCCCCCCCCCCCO. The van der Waals surface area contributed by atoms with Gasteiger partial charge in [0.05, 0.1) is 0 Å². The Hall–Kier alpha value is -0.300. The second kappa shape index (κ2) is 22.7. The van der Waals surface area contributed by atoms with E-state index < -0.39 is 0 Å². The average Bonchev–Trinajstić information content (AvgIpc) is 2.60. The van der Waals surface area contributed by atoms with Crippen molar-refractivity contribution < 1.29 is 5.11 Å². The highest BCUT2D eigenvalue weighted by atomic mass is 16.2. The van der Waals surface area contributed by atoms with Crippen LogP contribution in [0.5, 0.6) is 0 Å². The first kappa shape index (κ1) is 23.7. The minimum Gasteiger partial charge on any atom is -0.396 e. The number of aliphatic hydroxyl groups is 1. The maximum atomic E-state index is 8.72. The summed E-state index contributed by atoms with van der Waals surface area (Å²) in [5.41, 5.74) is 0. The van der Waals surface area contributed by atoms with Gasteiger partial charge in [0.1, 0.15) is 0 Å². The Morgan fingerprint density at radius 3 is 0.917 bits per heavy atom. The first-order chi connectivity index (χ1) is 11.9. The molecule has 0 radical (unpaired) electrons. The maximum Gasteiger partial charge on any atom is 0.0431 e. The van der Waals surface area contributed by atoms with Crippen LogP contribution in [0.2, 0.25) is 0 Å². The van der Waals surface area contributed by atoms with Gasteiger partial charge in [-0.3, -0.25) is 0 Å². The van der Waals surface area contributed by atoms with Gasteiger partial charge in [0.15, 0.2) is 0 Å². The predicted molar refractivity (Wildman–Crippen MR) is 110 cm³/mol. The number of aliphatic hydroxyl groups excluding tert-OH is 1. The van der Waals surface area contributed by atoms with Gasteiger partial charge in [0.25, 0.3) is 0 Å². The van der Waals surface area contributed by atoms with Crippen LogP contribution in [-0.4, -0.2) is 11.7 Å². The molecule has 0 aromatic heterocycles. The van der Waals surface area contributed by atoms with Crippen LogP contribution in [0.15, 0.2) is 12.7 Å². The molecule has 0 fully saturated rings. The molecule has 0 spiro atoms. The lowest BCUT2D eigenvalue weighted by Gasteiger charge is -2.04. The van der Waals surface area contributed by atoms with Crippen molar-refractivity contribution in [1.29, 1.82) is 0 Å². The van der Waals surface area contributed by atoms with Crippen LogP contribution in [0.4, 0.5) is 0 Å². The molecule has 0 amide bonds. The maximum absolute atomic E-state index is 8.72. The topological polar surface area (TPSA) is 20.2 Å². The highest BCUT2D eigenvalue weighted by Gasteiger charge is 1.95. The Kier molecular flexibility index (Phi) is 22.4. The van der Waals surface area contributed by atoms with Crippen LogP contribution in [0.1, 0.15) is 128 Å². The molecule has 0 heterocycles. The van der Waals surface area contributed by atoms with Crippen molar-refractivity contribution in [2.24, 2.45) is 0 Å². The second-order valence-corrected chi connectivity index (χ2v) is 7.52. The van der Waals surface area contributed by atoms with Gasteiger partial charge in [0.2, 0.25) is 0 Å². The molecule has 0 saturated carbocycles. The minimum absolute atomic E-state index is 0.371. The van der Waals surface area contributed by atoms with Crippen LogP contribution in [0, 0.1) is 0 Å². The molecule has 0 atom stereocenters. The summed E-state index contributed by atoms with van der Waals surface area (Å²) >= 11 is 0. The highest BCUT2D eigenvalue weighted by molar-refractivity contribution is 4.65. The van der Waals surface area contributed by atoms with E-state index in [1.54, 1.807) is 0 Å². The number of hydrogen-bond donors (Lipinski definition) is 1. The lowest BCUT2D eigenvalue weighted by atomic mass is 10.0. The number of allylic oxidation sites excluding steroid dienone is 1. The molecule has 24 heavy (non-hydrogen) atoms. The van der Waals surface area contributed by atoms with Crippen molar-refractivity contribution in [2.75, 3.05) is 6.61 Å². The molecule has 0 aliphatic carbocycles. The zero-order valence-electron chi connectivity index (χ0n) is 16.6. The van der Waals surface area contributed by atoms with E-state index in [1.807, 2.05) is 6.08 Å². The summed E-state index contributed by atoms with van der Waals surface area (Å²) in [6, 6.07) is 0. The van der Waals surface area contributed by atoms with E-state index in [9.17, 15) is 0 Å². The largest absolute Gasteiger partial charge is 0.396 e. The summed E-state index contributed by atoms with van der Waals surface area (Å²) in [5.74, 6) is 0. The summed E-state index contributed by atoms with van der Waals surface area (Å²) in [5, 5.41) is 8.72. The van der Waals surface area contributed by atoms with E-state index in [4.69, 9.17) is 5.11 Å². The van der Waals surface area contributed by atoms with E-state index in [-0.39, 0.29) is 0 Å². The van der Waals surface area contributed by atoms with Gasteiger partial charge in [-0.2, -0.15) is 0 Å². The van der Waals surface area contributed by atoms with Gasteiger partial charge in [-0.25, -0.2) is 0 Å². The molecule has 0 bridgehead atoms. The average molecular weight is 339 g/mol. The molecular weight excluding hydrogens is 292 g/mol. The summed E-state index contributed by atoms with van der Waals surface area (Å²) in [7, 11) is 0. The van der Waals surface area contributed by atoms with Crippen molar-refractivity contribution in [3.05, 3.63) is 12.7 Å². The lowest BCUT2D eigenvalue weighted by Crippen LogP contribution is -1.85. The number of hydrogen-bond acceptors (Lipinski definition) is 1. The molecule has 0 aliphatic rings. The van der Waals surface area contributed by atoms with E-state index in [1.165, 1.54) is 122 Å². The molecule has 0 aromatic carbocycles. The van der Waals surface area contributed by atoms with Gasteiger partial charge >= 0.3 is 0 Å². The smallest absolute Gasteiger partial charge is 0.0431 e. The standard InChI is InChI=1S/C23H46O/c1-2-3-4-5-6-7-8-9-10-11-12-13-14-15-16-17-18-19-20-21-22-23-24/h2,24H,1,3-23H2. The van der Waals surface area contributed by atoms with E-state index >= 15 is 0 Å². The minimum atomic E-state index is 0.371. The fourth-order valence-corrected chi connectivity index (χ4v) is 3.41. The van der Waals surface area contributed by atoms with Crippen LogP contribution in [-0.2, 0) is 0 Å². The van der Waals surface area contributed by atoms with E-state index in [0.717, 1.165) is 6.42 Å². The molecule has 0 aromatic rings. The van der Waals surface area contributed by atoms with Gasteiger partial charge in [-0.1, -0.05) is 115 Å². The summed E-state index contributed by atoms with van der Waals surface area (Å²) in [6.07, 6.45) is 29.6. The highest BCUT2D eigenvalue weighted by Crippen LogP contribution is 2.14. The molecule has 0 rings (SSSR count). The first-order valence-corrected chi connectivity index (χ1v) is 11.1. The Labute approximate surface area is 153 Å². The Morgan fingerprint density at radius 1 is 0.417 bits per heavy atom. The molecule has 0 aliphatic heterocycles. The van der Waals surface area contributed by atoms with Gasteiger partial charge in [-0.05, 0) is 19.3 Å². The van der Waals surface area contributed by atoms with Crippen LogP contribution < -0.4 is 0 Å². The molecule has 1 heteroatoms. The third-order valence-electron chi connectivity index (χ3n) is 5.07. The second-order valence-electron chi connectivity index (χ2n) is 7.52. The molecular formula is C23H46O. The quantitative estimate of drug-likeness (QED) is 0.166. The third kappa shape index (κ3) is 21.7. The van der Waals surface area contributed by atoms with Crippen molar-refractivity contribution in [3.8, 4) is 0 Å². The summed E-state index contributed by atoms with van der Waals surface area (Å²) in [6.45, 7) is 4.14. The summed E-state index contributed by atoms with van der Waals surface area (Å²) < 4.78 is 0. The van der Waals surface area contributed by atoms with Crippen LogP contribution in [0.3, 0.4) is 0 Å². The van der Waals surface area contributed by atoms with Crippen molar-refractivity contribution in [2.45, 2.75) is 128 Å². The van der Waals surface area contributed by atoms with E-state index in [2.05, 4.69) is 6.58 Å². The Morgan fingerprint density at radius 2 is 0.667 bits per heavy atom. The van der Waals surface area contributed by atoms with Crippen LogP contribution >= 0.6 is 0 Å². The van der Waals surface area contributed by atoms with Gasteiger partial charge in [0, 0.05) is 6.61 Å². The van der Waals surface area contributed by atoms with Crippen LogP contribution in [0.25, 0.3) is 0 Å². The Balaban J connectivity index is 2.94. The van der Waals surface area contributed by atoms with Crippen molar-refractivity contribution >= 4 is 0 Å². The zero-order valence-corrected chi connectivity index (χ0v) is 16.6. The Bertz CT molecular complexity index is 224. The molecule has 0 saturated heterocycles. The molecule has 1 nitrogen and oxygen atoms in total. The zero-order chi connectivity index (χ0) is 17.6. The number of rotatable bonds is 21. The lowest BCUT2D eigenvalue weighted by molar-refractivity contribution is 0.282. The summed E-state index contributed by atoms with van der Waals surface area (Å²) in [4.78, 5) is 0. The van der Waals surface area contributed by atoms with Gasteiger partial charge in [-0.15, -0.1) is 6.58 Å². The van der Waals surface area contributed by atoms with Gasteiger partial charge < -0.3 is 5.11 Å². The first-order valence-electron chi connectivity index (χ1n) is 11.1. The molecule has 1 N–H and O–H groups in total. The van der Waals surface area contributed by atoms with Crippen molar-refractivity contribution in [1.82, 2.24) is 0 Å². The third-order valence-corrected chi connectivity index (χ3v) is 5.07. The predicted octanol–water partition coefficient (Wildman–Crippen LogP) is 7.97. The monoisotopic (exact) mass is 338 g/mol. The van der Waals surface area contributed by atoms with Crippen molar-refractivity contribution in [3.63, 3.8) is 0 Å². The normalized spacial score (nSPS) is 11.0. The molecule has 144 valence electrons. The van der Waals surface area contributed by atoms with E-state index in [0.29, 0.717) is 6.61 Å². The fraction of sp³-hybridized carbons (Fsp3) is 0.913. The fourth-order valence-electron chi connectivity index (χ4n) is 3.41.